The Hall–Kier alpha value is -1.80. The topological polar surface area (TPSA) is 67.9 Å². The summed E-state index contributed by atoms with van der Waals surface area (Å²) in [4.78, 5) is 11.8. The fraction of sp³-hybridized carbons (Fsp3) is 0.250. The van der Waals surface area contributed by atoms with Crippen LogP contribution < -0.4 is 0 Å². The first-order valence-corrected chi connectivity index (χ1v) is 6.66. The van der Waals surface area contributed by atoms with E-state index in [1.54, 1.807) is 6.92 Å². The van der Waals surface area contributed by atoms with Gasteiger partial charge in [0.05, 0.1) is 22.2 Å². The molecule has 2 aromatic rings. The molecule has 0 spiro atoms. The Labute approximate surface area is 132 Å². The number of aromatic amines is 1. The Morgan fingerprint density at radius 1 is 1.32 bits per heavy atom. The molecule has 5 nitrogen and oxygen atoms in total. The molecule has 1 N–H and O–H groups in total. The number of ether oxygens (including phenoxy) is 1. The van der Waals surface area contributed by atoms with Gasteiger partial charge in [0.15, 0.2) is 5.69 Å². The molecule has 0 aliphatic heterocycles. The highest BCUT2D eigenvalue weighted by atomic mass is 35.5. The zero-order valence-electron chi connectivity index (χ0n) is 11.0. The normalized spacial score (nSPS) is 11.5. The minimum atomic E-state index is -4.68. The van der Waals surface area contributed by atoms with Gasteiger partial charge in [0, 0.05) is 5.56 Å². The van der Waals surface area contributed by atoms with E-state index in [-0.39, 0.29) is 28.6 Å². The van der Waals surface area contributed by atoms with Crippen LogP contribution in [0.2, 0.25) is 10.0 Å². The van der Waals surface area contributed by atoms with Gasteiger partial charge in [0.25, 0.3) is 0 Å². The smallest absolute Gasteiger partial charge is 0.417 e. The van der Waals surface area contributed by atoms with Crippen LogP contribution in [0, 0.1) is 0 Å². The monoisotopic (exact) mass is 353 g/mol. The van der Waals surface area contributed by atoms with Gasteiger partial charge in [0.2, 0.25) is 0 Å². The van der Waals surface area contributed by atoms with Crippen molar-refractivity contribution < 1.29 is 22.7 Å². The molecule has 0 unspecified atom stereocenters. The lowest BCUT2D eigenvalue weighted by Gasteiger charge is -2.13. The van der Waals surface area contributed by atoms with Gasteiger partial charge < -0.3 is 4.74 Å². The van der Waals surface area contributed by atoms with E-state index in [1.165, 1.54) is 0 Å². The van der Waals surface area contributed by atoms with E-state index >= 15 is 0 Å². The lowest BCUT2D eigenvalue weighted by molar-refractivity contribution is -0.137. The number of carbonyl (C=O) groups is 1. The average Bonchev–Trinajstić information content (AvgIpc) is 2.86. The van der Waals surface area contributed by atoms with Crippen molar-refractivity contribution in [3.05, 3.63) is 33.4 Å². The first-order chi connectivity index (χ1) is 10.3. The maximum atomic E-state index is 12.9. The molecular formula is C12H8Cl2F3N3O2. The van der Waals surface area contributed by atoms with Crippen molar-refractivity contribution in [2.75, 3.05) is 6.61 Å². The van der Waals surface area contributed by atoms with Crippen molar-refractivity contribution in [2.45, 2.75) is 13.1 Å². The van der Waals surface area contributed by atoms with Crippen LogP contribution in [0.1, 0.15) is 23.0 Å². The summed E-state index contributed by atoms with van der Waals surface area (Å²) in [5.74, 6) is -0.851. The molecule has 2 rings (SSSR count). The summed E-state index contributed by atoms with van der Waals surface area (Å²) in [6, 6.07) is 1.77. The third-order valence-corrected chi connectivity index (χ3v) is 3.36. The molecule has 1 aromatic carbocycles. The van der Waals surface area contributed by atoms with Gasteiger partial charge in [0.1, 0.15) is 5.69 Å². The lowest BCUT2D eigenvalue weighted by atomic mass is 10.1. The largest absolute Gasteiger partial charge is 0.461 e. The molecular weight excluding hydrogens is 346 g/mol. The van der Waals surface area contributed by atoms with E-state index < -0.39 is 22.7 Å². The summed E-state index contributed by atoms with van der Waals surface area (Å²) in [5.41, 5.74) is -1.84. The van der Waals surface area contributed by atoms with Gasteiger partial charge in [-0.05, 0) is 19.1 Å². The Morgan fingerprint density at radius 2 is 2.00 bits per heavy atom. The van der Waals surface area contributed by atoms with Crippen LogP contribution in [0.4, 0.5) is 13.2 Å². The number of hydrogen-bond acceptors (Lipinski definition) is 4. The predicted octanol–water partition coefficient (Wildman–Crippen LogP) is 3.97. The van der Waals surface area contributed by atoms with Crippen molar-refractivity contribution in [1.29, 1.82) is 0 Å². The van der Waals surface area contributed by atoms with Crippen LogP contribution >= 0.6 is 23.2 Å². The molecule has 0 fully saturated rings. The summed E-state index contributed by atoms with van der Waals surface area (Å²) in [6.07, 6.45) is -4.68. The third kappa shape index (κ3) is 3.02. The van der Waals surface area contributed by atoms with Gasteiger partial charge >= 0.3 is 12.1 Å². The van der Waals surface area contributed by atoms with E-state index in [1.807, 2.05) is 0 Å². The maximum absolute atomic E-state index is 12.9. The zero-order chi connectivity index (χ0) is 16.5. The first-order valence-electron chi connectivity index (χ1n) is 5.90. The Balaban J connectivity index is 2.64. The molecule has 10 heteroatoms. The van der Waals surface area contributed by atoms with Crippen molar-refractivity contribution >= 4 is 29.2 Å². The lowest BCUT2D eigenvalue weighted by Crippen LogP contribution is -2.09. The number of carbonyl (C=O) groups excluding carboxylic acids is 1. The molecule has 0 amide bonds. The highest BCUT2D eigenvalue weighted by molar-refractivity contribution is 6.39. The van der Waals surface area contributed by atoms with Crippen LogP contribution in [0.5, 0.6) is 0 Å². The fourth-order valence-electron chi connectivity index (χ4n) is 1.74. The Morgan fingerprint density at radius 3 is 2.59 bits per heavy atom. The highest BCUT2D eigenvalue weighted by Gasteiger charge is 2.36. The summed E-state index contributed by atoms with van der Waals surface area (Å²) in [7, 11) is 0. The molecule has 0 saturated heterocycles. The van der Waals surface area contributed by atoms with Crippen molar-refractivity contribution in [3.63, 3.8) is 0 Å². The van der Waals surface area contributed by atoms with Crippen LogP contribution in [0.25, 0.3) is 11.3 Å². The van der Waals surface area contributed by atoms with Gasteiger partial charge in [-0.3, -0.25) is 0 Å². The molecule has 118 valence electrons. The van der Waals surface area contributed by atoms with E-state index in [2.05, 4.69) is 15.4 Å². The second kappa shape index (κ2) is 6.13. The van der Waals surface area contributed by atoms with E-state index in [0.29, 0.717) is 0 Å². The molecule has 0 bridgehead atoms. The standard InChI is InChI=1S/C12H8Cl2F3N3O2/c1-2-22-11(21)10-9(18-20-19-10)7-6(13)4-3-5(8(7)14)12(15,16)17/h3-4H,2H2,1H3,(H,18,19,20). The number of halogens is 5. The van der Waals surface area contributed by atoms with Crippen LogP contribution in [-0.4, -0.2) is 28.0 Å². The van der Waals surface area contributed by atoms with Crippen molar-refractivity contribution in [3.8, 4) is 11.3 Å². The molecule has 0 radical (unpaired) electrons. The van der Waals surface area contributed by atoms with Gasteiger partial charge in [-0.25, -0.2) is 4.79 Å². The second-order valence-corrected chi connectivity index (χ2v) is 4.81. The highest BCUT2D eigenvalue weighted by Crippen LogP contribution is 2.43. The first kappa shape index (κ1) is 16.6. The molecule has 1 heterocycles. The SMILES string of the molecule is CCOC(=O)c1n[nH]nc1-c1c(Cl)ccc(C(F)(F)F)c1Cl. The molecule has 0 aliphatic rings. The van der Waals surface area contributed by atoms with Crippen LogP contribution in [-0.2, 0) is 10.9 Å². The van der Waals surface area contributed by atoms with Gasteiger partial charge in [-0.15, -0.1) is 5.10 Å². The average molecular weight is 354 g/mol. The second-order valence-electron chi connectivity index (χ2n) is 4.02. The summed E-state index contributed by atoms with van der Waals surface area (Å²) >= 11 is 11.7. The zero-order valence-corrected chi connectivity index (χ0v) is 12.5. The minimum absolute atomic E-state index is 0.0647. The van der Waals surface area contributed by atoms with E-state index in [9.17, 15) is 18.0 Å². The number of nitrogens with one attached hydrogen (secondary N) is 1. The van der Waals surface area contributed by atoms with Gasteiger partial charge in [-0.1, -0.05) is 23.2 Å². The number of H-pyrrole nitrogens is 1. The number of alkyl halides is 3. The third-order valence-electron chi connectivity index (χ3n) is 2.65. The van der Waals surface area contributed by atoms with E-state index in [4.69, 9.17) is 27.9 Å². The summed E-state index contributed by atoms with van der Waals surface area (Å²) in [5, 5.41) is 8.62. The Bertz CT molecular complexity index is 716. The van der Waals surface area contributed by atoms with E-state index in [0.717, 1.165) is 12.1 Å². The molecule has 0 aliphatic carbocycles. The quantitative estimate of drug-likeness (QED) is 0.847. The number of rotatable bonds is 3. The molecule has 22 heavy (non-hydrogen) atoms. The Kier molecular flexibility index (Phi) is 4.62. The molecule has 1 aromatic heterocycles. The number of esters is 1. The molecule has 0 saturated carbocycles. The van der Waals surface area contributed by atoms with Crippen LogP contribution in [0.15, 0.2) is 12.1 Å². The summed E-state index contributed by atoms with van der Waals surface area (Å²) in [6.45, 7) is 1.64. The number of benzene rings is 1. The van der Waals surface area contributed by atoms with Gasteiger partial charge in [-0.2, -0.15) is 23.5 Å². The molecule has 0 atom stereocenters. The summed E-state index contributed by atoms with van der Waals surface area (Å²) < 4.78 is 43.5. The fourth-order valence-corrected chi connectivity index (χ4v) is 2.39. The predicted molar refractivity (Wildman–Crippen MR) is 72.8 cm³/mol. The number of hydrogen-bond donors (Lipinski definition) is 1. The van der Waals surface area contributed by atoms with Crippen molar-refractivity contribution in [2.24, 2.45) is 0 Å². The maximum Gasteiger partial charge on any atom is 0.417 e. The number of nitrogens with zero attached hydrogens (tertiary/aromatic N) is 2. The number of aromatic nitrogens is 3. The van der Waals surface area contributed by atoms with Crippen LogP contribution in [0.3, 0.4) is 0 Å². The van der Waals surface area contributed by atoms with Crippen molar-refractivity contribution in [1.82, 2.24) is 15.4 Å². The minimum Gasteiger partial charge on any atom is -0.461 e.